The van der Waals surface area contributed by atoms with Gasteiger partial charge in [-0.25, -0.2) is 4.79 Å². The van der Waals surface area contributed by atoms with Gasteiger partial charge in [-0.2, -0.15) is 5.26 Å². The van der Waals surface area contributed by atoms with Gasteiger partial charge < -0.3 is 9.64 Å². The fraction of sp³-hybridized carbons (Fsp3) is 0.474. The zero-order valence-electron chi connectivity index (χ0n) is 14.1. The number of nitriles is 1. The Kier molecular flexibility index (Phi) is 5.44. The summed E-state index contributed by atoms with van der Waals surface area (Å²) in [5.74, 6) is 0. The molecule has 1 amide bonds. The van der Waals surface area contributed by atoms with Crippen molar-refractivity contribution >= 4 is 6.09 Å². The molecule has 2 rings (SSSR count). The van der Waals surface area contributed by atoms with E-state index in [1.807, 2.05) is 45.0 Å². The average Bonchev–Trinajstić information content (AvgIpc) is 2.52. The van der Waals surface area contributed by atoms with Crippen molar-refractivity contribution in [3.8, 4) is 6.07 Å². The highest BCUT2D eigenvalue weighted by atomic mass is 16.6. The molecule has 0 radical (unpaired) electrons. The third-order valence-corrected chi connectivity index (χ3v) is 3.81. The smallest absolute Gasteiger partial charge is 0.410 e. The summed E-state index contributed by atoms with van der Waals surface area (Å²) < 4.78 is 5.40. The van der Waals surface area contributed by atoms with Crippen LogP contribution in [0.2, 0.25) is 0 Å². The molecule has 0 N–H and O–H groups in total. The minimum Gasteiger partial charge on any atom is -0.444 e. The maximum atomic E-state index is 12.0. The summed E-state index contributed by atoms with van der Waals surface area (Å²) in [4.78, 5) is 13.8. The van der Waals surface area contributed by atoms with Crippen molar-refractivity contribution in [3.63, 3.8) is 0 Å². The van der Waals surface area contributed by atoms with Gasteiger partial charge in [0, 0.05) is 13.1 Å². The van der Waals surface area contributed by atoms with Crippen LogP contribution in [-0.4, -0.2) is 29.7 Å². The summed E-state index contributed by atoms with van der Waals surface area (Å²) in [6.45, 7) is 7.04. The Hall–Kier alpha value is -2.28. The van der Waals surface area contributed by atoms with E-state index in [1.54, 1.807) is 4.90 Å². The van der Waals surface area contributed by atoms with Crippen LogP contribution in [0.3, 0.4) is 0 Å². The maximum Gasteiger partial charge on any atom is 0.410 e. The number of amides is 1. The summed E-state index contributed by atoms with van der Waals surface area (Å²) in [5, 5.41) is 9.12. The van der Waals surface area contributed by atoms with Crippen molar-refractivity contribution in [1.82, 2.24) is 4.90 Å². The van der Waals surface area contributed by atoms with E-state index in [2.05, 4.69) is 12.1 Å². The normalized spacial score (nSPS) is 15.0. The molecule has 0 bridgehead atoms. The van der Waals surface area contributed by atoms with Gasteiger partial charge in [-0.15, -0.1) is 0 Å². The summed E-state index contributed by atoms with van der Waals surface area (Å²) in [7, 11) is 0. The van der Waals surface area contributed by atoms with E-state index in [0.29, 0.717) is 13.1 Å². The first kappa shape index (κ1) is 17.1. The molecule has 122 valence electrons. The number of ether oxygens (including phenoxy) is 1. The van der Waals surface area contributed by atoms with Gasteiger partial charge in [-0.3, -0.25) is 0 Å². The first-order chi connectivity index (χ1) is 10.9. The second kappa shape index (κ2) is 7.32. The van der Waals surface area contributed by atoms with Crippen LogP contribution in [0.15, 0.2) is 35.9 Å². The molecule has 1 heterocycles. The van der Waals surface area contributed by atoms with Gasteiger partial charge in [-0.1, -0.05) is 29.8 Å². The molecule has 4 heteroatoms. The maximum absolute atomic E-state index is 12.0. The minimum atomic E-state index is -0.450. The molecule has 0 atom stereocenters. The predicted octanol–water partition coefficient (Wildman–Crippen LogP) is 4.06. The molecule has 0 saturated carbocycles. The van der Waals surface area contributed by atoms with E-state index in [1.165, 1.54) is 5.57 Å². The van der Waals surface area contributed by atoms with Crippen LogP contribution in [-0.2, 0) is 11.2 Å². The van der Waals surface area contributed by atoms with Gasteiger partial charge in [0.05, 0.1) is 11.6 Å². The average molecular weight is 312 g/mol. The third-order valence-electron chi connectivity index (χ3n) is 3.81. The standard InChI is InChI=1S/C19H24N2O2/c1-19(2,3)23-18(22)21-12-10-15(11-13-21)8-9-16-6-4-5-7-17(16)14-20/h4-8H,9-13H2,1-3H3. The first-order valence-corrected chi connectivity index (χ1v) is 8.03. The molecular weight excluding hydrogens is 288 g/mol. The molecule has 0 aromatic heterocycles. The Morgan fingerprint density at radius 2 is 1.96 bits per heavy atom. The van der Waals surface area contributed by atoms with Crippen LogP contribution < -0.4 is 0 Å². The van der Waals surface area contributed by atoms with E-state index < -0.39 is 5.60 Å². The number of likely N-dealkylation sites (tertiary alicyclic amines) is 1. The lowest BCUT2D eigenvalue weighted by Gasteiger charge is -2.31. The zero-order chi connectivity index (χ0) is 16.9. The lowest BCUT2D eigenvalue weighted by atomic mass is 9.99. The third kappa shape index (κ3) is 5.14. The number of benzene rings is 1. The highest BCUT2D eigenvalue weighted by Crippen LogP contribution is 2.20. The molecule has 0 aliphatic carbocycles. The molecule has 1 aromatic carbocycles. The van der Waals surface area contributed by atoms with Crippen LogP contribution in [0.1, 0.15) is 44.7 Å². The number of carbonyl (C=O) groups is 1. The second-order valence-electron chi connectivity index (χ2n) is 6.80. The quantitative estimate of drug-likeness (QED) is 0.774. The molecule has 1 aromatic rings. The summed E-state index contributed by atoms with van der Waals surface area (Å²) in [6, 6.07) is 9.91. The summed E-state index contributed by atoms with van der Waals surface area (Å²) >= 11 is 0. The number of rotatable bonds is 2. The van der Waals surface area contributed by atoms with Crippen molar-refractivity contribution in [1.29, 1.82) is 5.26 Å². The fourth-order valence-electron chi connectivity index (χ4n) is 2.57. The van der Waals surface area contributed by atoms with Crippen LogP contribution in [0, 0.1) is 11.3 Å². The van der Waals surface area contributed by atoms with E-state index in [-0.39, 0.29) is 6.09 Å². The lowest BCUT2D eigenvalue weighted by Crippen LogP contribution is -2.40. The Balaban J connectivity index is 1.89. The number of hydrogen-bond donors (Lipinski definition) is 0. The molecule has 1 aliphatic heterocycles. The van der Waals surface area contributed by atoms with Crippen molar-refractivity contribution in [2.45, 2.75) is 45.6 Å². The van der Waals surface area contributed by atoms with Crippen molar-refractivity contribution in [2.75, 3.05) is 13.1 Å². The van der Waals surface area contributed by atoms with Gasteiger partial charge in [-0.05, 0) is 51.7 Å². The highest BCUT2D eigenvalue weighted by molar-refractivity contribution is 5.68. The number of hydrogen-bond acceptors (Lipinski definition) is 3. The molecule has 0 spiro atoms. The predicted molar refractivity (Wildman–Crippen MR) is 90.0 cm³/mol. The Bertz CT molecular complexity index is 626. The van der Waals surface area contributed by atoms with Crippen molar-refractivity contribution in [3.05, 3.63) is 47.0 Å². The van der Waals surface area contributed by atoms with E-state index in [9.17, 15) is 4.79 Å². The minimum absolute atomic E-state index is 0.230. The van der Waals surface area contributed by atoms with Gasteiger partial charge in [0.2, 0.25) is 0 Å². The monoisotopic (exact) mass is 312 g/mol. The van der Waals surface area contributed by atoms with Crippen LogP contribution in [0.5, 0.6) is 0 Å². The molecule has 4 nitrogen and oxygen atoms in total. The van der Waals surface area contributed by atoms with Crippen molar-refractivity contribution < 1.29 is 9.53 Å². The molecular formula is C19H24N2O2. The molecule has 1 fully saturated rings. The lowest BCUT2D eigenvalue weighted by molar-refractivity contribution is 0.0236. The molecule has 1 saturated heterocycles. The summed E-state index contributed by atoms with van der Waals surface area (Å²) in [6.07, 6.45) is 4.47. The number of piperidine rings is 1. The van der Waals surface area contributed by atoms with E-state index in [0.717, 1.165) is 30.4 Å². The molecule has 23 heavy (non-hydrogen) atoms. The van der Waals surface area contributed by atoms with Gasteiger partial charge in [0.25, 0.3) is 0 Å². The highest BCUT2D eigenvalue weighted by Gasteiger charge is 2.24. The van der Waals surface area contributed by atoms with Crippen LogP contribution >= 0.6 is 0 Å². The molecule has 1 aliphatic rings. The van der Waals surface area contributed by atoms with Crippen LogP contribution in [0.25, 0.3) is 0 Å². The van der Waals surface area contributed by atoms with Gasteiger partial charge in [0.15, 0.2) is 0 Å². The number of allylic oxidation sites excluding steroid dienone is 1. The first-order valence-electron chi connectivity index (χ1n) is 8.03. The summed E-state index contributed by atoms with van der Waals surface area (Å²) in [5.41, 5.74) is 2.68. The van der Waals surface area contributed by atoms with Gasteiger partial charge in [0.1, 0.15) is 5.60 Å². The largest absolute Gasteiger partial charge is 0.444 e. The number of nitrogens with zero attached hydrogens (tertiary/aromatic N) is 2. The fourth-order valence-corrected chi connectivity index (χ4v) is 2.57. The second-order valence-corrected chi connectivity index (χ2v) is 6.80. The van der Waals surface area contributed by atoms with Crippen molar-refractivity contribution in [2.24, 2.45) is 0 Å². The topological polar surface area (TPSA) is 53.3 Å². The Labute approximate surface area is 138 Å². The number of carbonyl (C=O) groups excluding carboxylic acids is 1. The van der Waals surface area contributed by atoms with Gasteiger partial charge >= 0.3 is 6.09 Å². The molecule has 0 unspecified atom stereocenters. The SMILES string of the molecule is CC(C)(C)OC(=O)N1CCC(=CCc2ccccc2C#N)CC1. The van der Waals surface area contributed by atoms with Crippen LogP contribution in [0.4, 0.5) is 4.79 Å². The Morgan fingerprint density at radius 3 is 2.57 bits per heavy atom. The van der Waals surface area contributed by atoms with E-state index >= 15 is 0 Å². The van der Waals surface area contributed by atoms with E-state index in [4.69, 9.17) is 10.00 Å². The Morgan fingerprint density at radius 1 is 1.30 bits per heavy atom. The zero-order valence-corrected chi connectivity index (χ0v) is 14.1.